The minimum absolute atomic E-state index is 0.188. The quantitative estimate of drug-likeness (QED) is 0.695. The van der Waals surface area contributed by atoms with Crippen LogP contribution in [0.2, 0.25) is 0 Å². The van der Waals surface area contributed by atoms with E-state index in [2.05, 4.69) is 9.28 Å². The molecule has 5 nitrogen and oxygen atoms in total. The van der Waals surface area contributed by atoms with Crippen LogP contribution in [0.3, 0.4) is 0 Å². The van der Waals surface area contributed by atoms with Gasteiger partial charge in [0.1, 0.15) is 0 Å². The SMILES string of the molecule is CS(=O)(=O)OCCc1cnn(CC2CC2)c1. The van der Waals surface area contributed by atoms with Gasteiger partial charge in [0.15, 0.2) is 0 Å². The Balaban J connectivity index is 1.78. The van der Waals surface area contributed by atoms with E-state index in [1.165, 1.54) is 12.8 Å². The van der Waals surface area contributed by atoms with Crippen LogP contribution in [-0.4, -0.2) is 31.1 Å². The summed E-state index contributed by atoms with van der Waals surface area (Å²) in [6.45, 7) is 1.17. The summed E-state index contributed by atoms with van der Waals surface area (Å²) in [5.74, 6) is 0.792. The van der Waals surface area contributed by atoms with Gasteiger partial charge in [-0.15, -0.1) is 0 Å². The van der Waals surface area contributed by atoms with Gasteiger partial charge >= 0.3 is 0 Å². The van der Waals surface area contributed by atoms with Crippen LogP contribution in [0.15, 0.2) is 12.4 Å². The average molecular weight is 244 g/mol. The summed E-state index contributed by atoms with van der Waals surface area (Å²) in [6, 6.07) is 0. The molecule has 0 radical (unpaired) electrons. The van der Waals surface area contributed by atoms with Gasteiger partial charge < -0.3 is 0 Å². The van der Waals surface area contributed by atoms with Gasteiger partial charge in [0.25, 0.3) is 10.1 Å². The second-order valence-electron chi connectivity index (χ2n) is 4.29. The lowest BCUT2D eigenvalue weighted by molar-refractivity contribution is 0.326. The molecule has 1 aliphatic carbocycles. The molecule has 0 saturated heterocycles. The first-order valence-corrected chi connectivity index (χ1v) is 7.20. The minimum Gasteiger partial charge on any atom is -0.272 e. The van der Waals surface area contributed by atoms with E-state index >= 15 is 0 Å². The van der Waals surface area contributed by atoms with E-state index in [0.717, 1.165) is 24.3 Å². The smallest absolute Gasteiger partial charge is 0.264 e. The van der Waals surface area contributed by atoms with Gasteiger partial charge in [-0.3, -0.25) is 8.86 Å². The predicted octanol–water partition coefficient (Wildman–Crippen LogP) is 0.812. The van der Waals surface area contributed by atoms with Crippen LogP contribution >= 0.6 is 0 Å². The molecule has 0 spiro atoms. The molecule has 90 valence electrons. The van der Waals surface area contributed by atoms with Crippen molar-refractivity contribution < 1.29 is 12.6 Å². The fraction of sp³-hybridized carbons (Fsp3) is 0.700. The maximum Gasteiger partial charge on any atom is 0.264 e. The summed E-state index contributed by atoms with van der Waals surface area (Å²) < 4.78 is 28.1. The zero-order valence-corrected chi connectivity index (χ0v) is 10.1. The zero-order chi connectivity index (χ0) is 11.6. The molecule has 1 aliphatic rings. The highest BCUT2D eigenvalue weighted by Gasteiger charge is 2.21. The van der Waals surface area contributed by atoms with Crippen molar-refractivity contribution in [3.8, 4) is 0 Å². The van der Waals surface area contributed by atoms with Crippen molar-refractivity contribution >= 4 is 10.1 Å². The third-order valence-electron chi connectivity index (χ3n) is 2.52. The van der Waals surface area contributed by atoms with Crippen molar-refractivity contribution in [2.45, 2.75) is 25.8 Å². The monoisotopic (exact) mass is 244 g/mol. The van der Waals surface area contributed by atoms with Crippen molar-refractivity contribution in [3.05, 3.63) is 18.0 Å². The van der Waals surface area contributed by atoms with Crippen LogP contribution in [0.5, 0.6) is 0 Å². The molecule has 0 aliphatic heterocycles. The van der Waals surface area contributed by atoms with Crippen molar-refractivity contribution in [3.63, 3.8) is 0 Å². The fourth-order valence-corrected chi connectivity index (χ4v) is 1.90. The molecule has 0 aromatic carbocycles. The first-order valence-electron chi connectivity index (χ1n) is 5.39. The molecule has 0 atom stereocenters. The highest BCUT2D eigenvalue weighted by molar-refractivity contribution is 7.85. The summed E-state index contributed by atoms with van der Waals surface area (Å²) in [4.78, 5) is 0. The molecular formula is C10H16N2O3S. The molecule has 0 bridgehead atoms. The molecule has 1 saturated carbocycles. The lowest BCUT2D eigenvalue weighted by Gasteiger charge is -1.99. The first-order chi connectivity index (χ1) is 7.53. The topological polar surface area (TPSA) is 61.2 Å². The lowest BCUT2D eigenvalue weighted by Crippen LogP contribution is -2.06. The maximum atomic E-state index is 10.7. The third-order valence-corrected chi connectivity index (χ3v) is 3.11. The molecule has 0 amide bonds. The second-order valence-corrected chi connectivity index (χ2v) is 5.93. The Hall–Kier alpha value is -0.880. The van der Waals surface area contributed by atoms with Gasteiger partial charge in [-0.1, -0.05) is 0 Å². The van der Waals surface area contributed by atoms with Gasteiger partial charge in [-0.05, 0) is 24.3 Å². The highest BCUT2D eigenvalue weighted by atomic mass is 32.2. The summed E-state index contributed by atoms with van der Waals surface area (Å²) in [7, 11) is -3.32. The molecule has 1 heterocycles. The predicted molar refractivity (Wildman–Crippen MR) is 59.5 cm³/mol. The Morgan fingerprint density at radius 1 is 1.56 bits per heavy atom. The van der Waals surface area contributed by atoms with Crippen LogP contribution in [0.25, 0.3) is 0 Å². The number of aromatic nitrogens is 2. The molecule has 0 N–H and O–H groups in total. The molecule has 1 aromatic rings. The molecule has 1 fully saturated rings. The number of rotatable bonds is 6. The van der Waals surface area contributed by atoms with Gasteiger partial charge in [0.2, 0.25) is 0 Å². The Labute approximate surface area is 95.5 Å². The summed E-state index contributed by atoms with van der Waals surface area (Å²) in [5.41, 5.74) is 1.02. The molecule has 1 aromatic heterocycles. The lowest BCUT2D eigenvalue weighted by atomic mass is 10.3. The standard InChI is InChI=1S/C10H16N2O3S/c1-16(13,14)15-5-4-10-6-11-12(8-10)7-9-2-3-9/h6,8-9H,2-5,7H2,1H3. The van der Waals surface area contributed by atoms with Crippen LogP contribution in [0, 0.1) is 5.92 Å². The number of hydrogen-bond donors (Lipinski definition) is 0. The zero-order valence-electron chi connectivity index (χ0n) is 9.30. The van der Waals surface area contributed by atoms with Crippen molar-refractivity contribution in [2.75, 3.05) is 12.9 Å². The molecule has 2 rings (SSSR count). The van der Waals surface area contributed by atoms with Gasteiger partial charge in [-0.25, -0.2) is 0 Å². The van der Waals surface area contributed by atoms with E-state index < -0.39 is 10.1 Å². The summed E-state index contributed by atoms with van der Waals surface area (Å²) in [5, 5.41) is 4.22. The van der Waals surface area contributed by atoms with Crippen LogP contribution in [0.4, 0.5) is 0 Å². The first kappa shape index (κ1) is 11.6. The maximum absolute atomic E-state index is 10.7. The van der Waals surface area contributed by atoms with Gasteiger partial charge in [0.05, 0.1) is 19.1 Å². The van der Waals surface area contributed by atoms with Crippen molar-refractivity contribution in [2.24, 2.45) is 5.92 Å². The summed E-state index contributed by atoms with van der Waals surface area (Å²) >= 11 is 0. The molecule has 0 unspecified atom stereocenters. The van der Waals surface area contributed by atoms with Gasteiger partial charge in [-0.2, -0.15) is 13.5 Å². The fourth-order valence-electron chi connectivity index (χ4n) is 1.51. The Morgan fingerprint density at radius 2 is 2.31 bits per heavy atom. The van der Waals surface area contributed by atoms with E-state index in [1.54, 1.807) is 6.20 Å². The second kappa shape index (κ2) is 4.55. The Kier molecular flexibility index (Phi) is 3.30. The van der Waals surface area contributed by atoms with Crippen molar-refractivity contribution in [1.82, 2.24) is 9.78 Å². The molecule has 16 heavy (non-hydrogen) atoms. The third kappa shape index (κ3) is 3.94. The van der Waals surface area contributed by atoms with E-state index in [1.807, 2.05) is 10.9 Å². The Bertz CT molecular complexity index is 448. The van der Waals surface area contributed by atoms with E-state index in [4.69, 9.17) is 0 Å². The van der Waals surface area contributed by atoms with E-state index in [0.29, 0.717) is 6.42 Å². The van der Waals surface area contributed by atoms with Crippen LogP contribution < -0.4 is 0 Å². The highest BCUT2D eigenvalue weighted by Crippen LogP contribution is 2.30. The van der Waals surface area contributed by atoms with Crippen molar-refractivity contribution in [1.29, 1.82) is 0 Å². The normalized spacial score (nSPS) is 16.6. The Morgan fingerprint density at radius 3 is 2.94 bits per heavy atom. The van der Waals surface area contributed by atoms with Gasteiger partial charge in [0, 0.05) is 19.2 Å². The number of nitrogens with zero attached hydrogens (tertiary/aromatic N) is 2. The van der Waals surface area contributed by atoms with Crippen LogP contribution in [-0.2, 0) is 27.3 Å². The van der Waals surface area contributed by atoms with Crippen LogP contribution in [0.1, 0.15) is 18.4 Å². The average Bonchev–Trinajstić information content (AvgIpc) is 2.84. The molecule has 6 heteroatoms. The van der Waals surface area contributed by atoms with E-state index in [-0.39, 0.29) is 6.61 Å². The largest absolute Gasteiger partial charge is 0.272 e. The van der Waals surface area contributed by atoms with E-state index in [9.17, 15) is 8.42 Å². The molecular weight excluding hydrogens is 228 g/mol. The summed E-state index contributed by atoms with van der Waals surface area (Å²) in [6.07, 6.45) is 7.97. The minimum atomic E-state index is -3.32. The number of hydrogen-bond acceptors (Lipinski definition) is 4.